The Morgan fingerprint density at radius 3 is 2.33 bits per heavy atom. The van der Waals surface area contributed by atoms with E-state index >= 15 is 0 Å². The van der Waals surface area contributed by atoms with E-state index < -0.39 is 6.17 Å². The minimum absolute atomic E-state index is 0.440. The highest BCUT2D eigenvalue weighted by Gasteiger charge is 2.05. The molecular weight excluding hydrogens is 117 g/mol. The zero-order valence-electron chi connectivity index (χ0n) is 6.23. The third-order valence-corrected chi connectivity index (χ3v) is 1.39. The van der Waals surface area contributed by atoms with Gasteiger partial charge in [0.05, 0.1) is 6.17 Å². The molecule has 0 aromatic heterocycles. The first-order valence-electron chi connectivity index (χ1n) is 3.51. The fourth-order valence-electron chi connectivity index (χ4n) is 0.957. The van der Waals surface area contributed by atoms with Crippen LogP contribution in [0.2, 0.25) is 0 Å². The summed E-state index contributed by atoms with van der Waals surface area (Å²) in [4.78, 5) is 0. The normalized spacial score (nSPS) is 17.3. The molecule has 0 amide bonds. The van der Waals surface area contributed by atoms with Crippen molar-refractivity contribution in [2.24, 2.45) is 11.7 Å². The molecule has 0 saturated carbocycles. The van der Waals surface area contributed by atoms with Crippen LogP contribution in [0.1, 0.15) is 26.7 Å². The lowest BCUT2D eigenvalue weighted by Crippen LogP contribution is -2.09. The molecule has 0 fully saturated rings. The van der Waals surface area contributed by atoms with Gasteiger partial charge in [0.1, 0.15) is 0 Å². The van der Waals surface area contributed by atoms with Gasteiger partial charge in [-0.25, -0.2) is 4.39 Å². The molecule has 2 N–H and O–H groups in total. The summed E-state index contributed by atoms with van der Waals surface area (Å²) in [5, 5.41) is 0. The number of hydrogen-bond donors (Lipinski definition) is 1. The Hall–Kier alpha value is -0.110. The molecule has 1 unspecified atom stereocenters. The maximum Gasteiger partial charge on any atom is 0.0976 e. The molecule has 0 bridgehead atoms. The van der Waals surface area contributed by atoms with Gasteiger partial charge in [0, 0.05) is 0 Å². The van der Waals surface area contributed by atoms with Crippen molar-refractivity contribution >= 4 is 0 Å². The van der Waals surface area contributed by atoms with E-state index in [1.165, 1.54) is 0 Å². The van der Waals surface area contributed by atoms with Crippen LogP contribution in [0.4, 0.5) is 4.39 Å². The van der Waals surface area contributed by atoms with Gasteiger partial charge in [0.2, 0.25) is 0 Å². The van der Waals surface area contributed by atoms with Crippen molar-refractivity contribution in [3.8, 4) is 0 Å². The summed E-state index contributed by atoms with van der Waals surface area (Å²) in [6, 6.07) is 0. The van der Waals surface area contributed by atoms with Gasteiger partial charge in [-0.3, -0.25) is 0 Å². The van der Waals surface area contributed by atoms with Crippen LogP contribution in [0.3, 0.4) is 0 Å². The lowest BCUT2D eigenvalue weighted by molar-refractivity contribution is 0.292. The minimum atomic E-state index is -0.674. The molecule has 56 valence electrons. The van der Waals surface area contributed by atoms with Crippen molar-refractivity contribution in [2.45, 2.75) is 32.9 Å². The van der Waals surface area contributed by atoms with E-state index in [9.17, 15) is 4.39 Å². The quantitative estimate of drug-likeness (QED) is 0.621. The smallest absolute Gasteiger partial charge is 0.0976 e. The van der Waals surface area contributed by atoms with Crippen molar-refractivity contribution in [1.82, 2.24) is 0 Å². The van der Waals surface area contributed by atoms with Crippen molar-refractivity contribution in [1.29, 1.82) is 0 Å². The van der Waals surface area contributed by atoms with Gasteiger partial charge in [-0.1, -0.05) is 6.92 Å². The summed E-state index contributed by atoms with van der Waals surface area (Å²) in [6.07, 6.45) is 0.914. The van der Waals surface area contributed by atoms with Gasteiger partial charge < -0.3 is 5.73 Å². The van der Waals surface area contributed by atoms with E-state index in [1.54, 1.807) is 6.92 Å². The lowest BCUT2D eigenvalue weighted by Gasteiger charge is -2.09. The fraction of sp³-hybridized carbons (Fsp3) is 1.00. The highest BCUT2D eigenvalue weighted by Crippen LogP contribution is 2.10. The van der Waals surface area contributed by atoms with Gasteiger partial charge >= 0.3 is 0 Å². The van der Waals surface area contributed by atoms with Crippen molar-refractivity contribution in [2.75, 3.05) is 6.54 Å². The van der Waals surface area contributed by atoms with Crippen LogP contribution in [0, 0.1) is 5.92 Å². The Balaban J connectivity index is 3.15. The predicted octanol–water partition coefficient (Wildman–Crippen LogP) is 1.72. The molecule has 2 atom stereocenters. The third-order valence-electron chi connectivity index (χ3n) is 1.39. The molecule has 0 spiro atoms. The summed E-state index contributed by atoms with van der Waals surface area (Å²) in [7, 11) is 0. The molecule has 0 aliphatic carbocycles. The van der Waals surface area contributed by atoms with Crippen LogP contribution in [-0.2, 0) is 0 Å². The molecule has 0 rings (SSSR count). The van der Waals surface area contributed by atoms with E-state index in [-0.39, 0.29) is 0 Å². The van der Waals surface area contributed by atoms with Crippen LogP contribution >= 0.6 is 0 Å². The molecule has 9 heavy (non-hydrogen) atoms. The van der Waals surface area contributed by atoms with Gasteiger partial charge in [-0.15, -0.1) is 0 Å². The monoisotopic (exact) mass is 133 g/mol. The molecular formula is C7H16FN. The summed E-state index contributed by atoms with van der Waals surface area (Å²) in [6.45, 7) is 4.30. The molecule has 1 nitrogen and oxygen atoms in total. The molecule has 2 heteroatoms. The van der Waals surface area contributed by atoms with Gasteiger partial charge in [-0.05, 0) is 32.2 Å². The van der Waals surface area contributed by atoms with Crippen molar-refractivity contribution < 1.29 is 4.39 Å². The molecule has 0 radical (unpaired) electrons. The fourth-order valence-corrected chi connectivity index (χ4v) is 0.957. The third kappa shape index (κ3) is 5.77. The zero-order valence-corrected chi connectivity index (χ0v) is 6.23. The molecule has 0 aromatic carbocycles. The maximum atomic E-state index is 12.2. The Labute approximate surface area is 56.4 Å². The highest BCUT2D eigenvalue weighted by molar-refractivity contribution is 4.57. The Bertz CT molecular complexity index is 63.9. The number of halogens is 1. The topological polar surface area (TPSA) is 26.0 Å². The maximum absolute atomic E-state index is 12.2. The van der Waals surface area contributed by atoms with Crippen LogP contribution in [0.15, 0.2) is 0 Å². The van der Waals surface area contributed by atoms with Crippen LogP contribution in [0.5, 0.6) is 0 Å². The first kappa shape index (κ1) is 8.89. The van der Waals surface area contributed by atoms with Crippen LogP contribution < -0.4 is 5.73 Å². The van der Waals surface area contributed by atoms with Gasteiger partial charge in [0.25, 0.3) is 0 Å². The average molecular weight is 133 g/mol. The highest BCUT2D eigenvalue weighted by atomic mass is 19.1. The van der Waals surface area contributed by atoms with Crippen molar-refractivity contribution in [3.05, 3.63) is 0 Å². The van der Waals surface area contributed by atoms with Gasteiger partial charge in [-0.2, -0.15) is 0 Å². The second kappa shape index (κ2) is 4.74. The average Bonchev–Trinajstić information content (AvgIpc) is 1.63. The van der Waals surface area contributed by atoms with E-state index in [1.807, 2.05) is 6.92 Å². The summed E-state index contributed by atoms with van der Waals surface area (Å²) >= 11 is 0. The molecule has 0 saturated heterocycles. The summed E-state index contributed by atoms with van der Waals surface area (Å²) in [5.41, 5.74) is 5.28. The number of hydrogen-bond acceptors (Lipinski definition) is 1. The largest absolute Gasteiger partial charge is 0.330 e. The second-order valence-corrected chi connectivity index (χ2v) is 2.70. The van der Waals surface area contributed by atoms with E-state index in [0.717, 1.165) is 6.42 Å². The Morgan fingerprint density at radius 2 is 2.00 bits per heavy atom. The minimum Gasteiger partial charge on any atom is -0.330 e. The SMILES string of the molecule is CC(F)C[C@H](C)CCN. The Morgan fingerprint density at radius 1 is 1.44 bits per heavy atom. The molecule has 0 heterocycles. The first-order valence-corrected chi connectivity index (χ1v) is 3.51. The number of nitrogens with two attached hydrogens (primary N) is 1. The van der Waals surface area contributed by atoms with Crippen molar-refractivity contribution in [3.63, 3.8) is 0 Å². The summed E-state index contributed by atoms with van der Waals surface area (Å²) < 4.78 is 12.2. The predicted molar refractivity (Wildman–Crippen MR) is 38.0 cm³/mol. The lowest BCUT2D eigenvalue weighted by atomic mass is 10.0. The number of rotatable bonds is 4. The molecule has 0 aliphatic heterocycles. The molecule has 0 aliphatic rings. The Kier molecular flexibility index (Phi) is 4.68. The van der Waals surface area contributed by atoms with Crippen LogP contribution in [0.25, 0.3) is 0 Å². The molecule has 0 aromatic rings. The zero-order chi connectivity index (χ0) is 7.28. The second-order valence-electron chi connectivity index (χ2n) is 2.70. The standard InChI is InChI=1S/C7H16FN/c1-6(3-4-9)5-7(2)8/h6-7H,3-5,9H2,1-2H3/t6-,7?/m1/s1. The first-order chi connectivity index (χ1) is 4.16. The van der Waals surface area contributed by atoms with E-state index in [2.05, 4.69) is 0 Å². The van der Waals surface area contributed by atoms with E-state index in [4.69, 9.17) is 5.73 Å². The van der Waals surface area contributed by atoms with Gasteiger partial charge in [0.15, 0.2) is 0 Å². The van der Waals surface area contributed by atoms with Crippen LogP contribution in [-0.4, -0.2) is 12.7 Å². The summed E-state index contributed by atoms with van der Waals surface area (Å²) in [5.74, 6) is 0.440. The van der Waals surface area contributed by atoms with E-state index in [0.29, 0.717) is 18.9 Å². The number of alkyl halides is 1.